The molecule has 0 saturated heterocycles. The predicted molar refractivity (Wildman–Crippen MR) is 98.5 cm³/mol. The van der Waals surface area contributed by atoms with Crippen molar-refractivity contribution in [3.8, 4) is 11.3 Å². The fourth-order valence-corrected chi connectivity index (χ4v) is 3.37. The second-order valence-electron chi connectivity index (χ2n) is 7.35. The van der Waals surface area contributed by atoms with Crippen LogP contribution in [0.4, 0.5) is 0 Å². The number of nitrogens with one attached hydrogen (secondary N) is 1. The van der Waals surface area contributed by atoms with Crippen LogP contribution in [0.3, 0.4) is 0 Å². The van der Waals surface area contributed by atoms with E-state index in [-0.39, 0.29) is 22.4 Å². The zero-order chi connectivity index (χ0) is 18.4. The quantitative estimate of drug-likeness (QED) is 0.779. The minimum atomic E-state index is -3.25. The lowest BCUT2D eigenvalue weighted by atomic mass is 9.86. The molecule has 0 aliphatic carbocycles. The van der Waals surface area contributed by atoms with Crippen LogP contribution in [-0.4, -0.2) is 29.3 Å². The summed E-state index contributed by atoms with van der Waals surface area (Å²) in [6.45, 7) is 6.45. The summed E-state index contributed by atoms with van der Waals surface area (Å²) in [4.78, 5) is 16.5. The van der Waals surface area contributed by atoms with Gasteiger partial charge in [0.2, 0.25) is 0 Å². The van der Waals surface area contributed by atoms with Crippen LogP contribution in [0.2, 0.25) is 0 Å². The summed E-state index contributed by atoms with van der Waals surface area (Å²) < 4.78 is 24.2. The van der Waals surface area contributed by atoms with E-state index in [0.29, 0.717) is 5.65 Å². The Labute approximate surface area is 146 Å². The number of nitrogens with zero attached hydrogens (tertiary/aromatic N) is 2. The molecular weight excluding hydrogens is 338 g/mol. The van der Waals surface area contributed by atoms with E-state index in [1.165, 1.54) is 16.1 Å². The number of aromatic nitrogens is 3. The molecule has 1 N–H and O–H groups in total. The molecule has 0 unspecified atom stereocenters. The Kier molecular flexibility index (Phi) is 4.07. The maximum absolute atomic E-state index is 12.2. The van der Waals surface area contributed by atoms with Gasteiger partial charge in [0.25, 0.3) is 5.56 Å². The van der Waals surface area contributed by atoms with Gasteiger partial charge in [-0.3, -0.25) is 9.89 Å². The van der Waals surface area contributed by atoms with Gasteiger partial charge >= 0.3 is 0 Å². The van der Waals surface area contributed by atoms with Gasteiger partial charge in [-0.15, -0.1) is 0 Å². The summed E-state index contributed by atoms with van der Waals surface area (Å²) in [7, 11) is -3.25. The summed E-state index contributed by atoms with van der Waals surface area (Å²) >= 11 is 0. The molecular formula is C18H21N3O3S. The summed E-state index contributed by atoms with van der Waals surface area (Å²) in [5.74, 6) is -0.250. The van der Waals surface area contributed by atoms with Gasteiger partial charge in [-0.25, -0.2) is 17.9 Å². The Bertz CT molecular complexity index is 1090. The van der Waals surface area contributed by atoms with Crippen LogP contribution in [0, 0.1) is 0 Å². The molecule has 0 bridgehead atoms. The molecule has 132 valence electrons. The third-order valence-electron chi connectivity index (χ3n) is 3.98. The minimum absolute atomic E-state index is 0.0675. The molecule has 0 aliphatic heterocycles. The highest BCUT2D eigenvalue weighted by Gasteiger charge is 2.14. The number of hydrogen-bond acceptors (Lipinski definition) is 4. The molecule has 0 aliphatic rings. The molecule has 0 saturated carbocycles. The van der Waals surface area contributed by atoms with Crippen molar-refractivity contribution in [3.63, 3.8) is 0 Å². The predicted octanol–water partition coefficient (Wildman–Crippen LogP) is 2.53. The zero-order valence-corrected chi connectivity index (χ0v) is 15.5. The number of benzene rings is 1. The third kappa shape index (κ3) is 3.82. The number of rotatable bonds is 3. The maximum atomic E-state index is 12.2. The average Bonchev–Trinajstić information content (AvgIpc) is 2.89. The molecule has 0 spiro atoms. The van der Waals surface area contributed by atoms with E-state index in [9.17, 15) is 13.2 Å². The smallest absolute Gasteiger partial charge is 0.272 e. The summed E-state index contributed by atoms with van der Waals surface area (Å²) in [5.41, 5.74) is 3.29. The molecule has 7 heteroatoms. The zero-order valence-electron chi connectivity index (χ0n) is 14.7. The fraction of sp³-hybridized carbons (Fsp3) is 0.333. The summed E-state index contributed by atoms with van der Waals surface area (Å²) in [5, 5.41) is 3.02. The molecule has 25 heavy (non-hydrogen) atoms. The van der Waals surface area contributed by atoms with Gasteiger partial charge in [-0.2, -0.15) is 0 Å². The van der Waals surface area contributed by atoms with Crippen LogP contribution in [0.15, 0.2) is 41.2 Å². The summed E-state index contributed by atoms with van der Waals surface area (Å²) in [6.07, 6.45) is 1.12. The molecule has 2 aromatic heterocycles. The fourth-order valence-electron chi connectivity index (χ4n) is 2.68. The van der Waals surface area contributed by atoms with Gasteiger partial charge in [0.1, 0.15) is 0 Å². The second kappa shape index (κ2) is 5.84. The van der Waals surface area contributed by atoms with E-state index in [4.69, 9.17) is 0 Å². The van der Waals surface area contributed by atoms with Gasteiger partial charge in [-0.1, -0.05) is 45.0 Å². The topological polar surface area (TPSA) is 84.3 Å². The molecule has 3 aromatic rings. The molecule has 6 nitrogen and oxygen atoms in total. The lowest BCUT2D eigenvalue weighted by Gasteiger charge is -2.18. The first kappa shape index (κ1) is 17.4. The third-order valence-corrected chi connectivity index (χ3v) is 4.80. The monoisotopic (exact) mass is 359 g/mol. The minimum Gasteiger partial charge on any atom is -0.289 e. The van der Waals surface area contributed by atoms with Crippen molar-refractivity contribution < 1.29 is 8.42 Å². The highest BCUT2D eigenvalue weighted by molar-refractivity contribution is 7.89. The Hall–Kier alpha value is -2.41. The number of H-pyrrole nitrogens is 1. The first-order chi connectivity index (χ1) is 11.5. The molecule has 0 amide bonds. The molecule has 0 radical (unpaired) electrons. The van der Waals surface area contributed by atoms with Crippen LogP contribution < -0.4 is 5.56 Å². The highest BCUT2D eigenvalue weighted by Crippen LogP contribution is 2.25. The van der Waals surface area contributed by atoms with Crippen LogP contribution in [-0.2, 0) is 21.0 Å². The van der Waals surface area contributed by atoms with Gasteiger partial charge in [-0.05, 0) is 16.5 Å². The summed E-state index contributed by atoms with van der Waals surface area (Å²) in [6, 6.07) is 11.1. The molecule has 1 aromatic carbocycles. The Morgan fingerprint density at radius 1 is 1.12 bits per heavy atom. The van der Waals surface area contributed by atoms with E-state index in [1.54, 1.807) is 6.07 Å². The molecule has 0 fully saturated rings. The van der Waals surface area contributed by atoms with E-state index < -0.39 is 9.84 Å². The normalized spacial score (nSPS) is 12.6. The van der Waals surface area contributed by atoms with Crippen LogP contribution in [0.25, 0.3) is 16.9 Å². The molecule has 3 rings (SSSR count). The van der Waals surface area contributed by atoms with E-state index in [1.807, 2.05) is 12.1 Å². The highest BCUT2D eigenvalue weighted by atomic mass is 32.2. The van der Waals surface area contributed by atoms with Crippen molar-refractivity contribution in [1.82, 2.24) is 14.6 Å². The van der Waals surface area contributed by atoms with Crippen molar-refractivity contribution in [1.29, 1.82) is 0 Å². The second-order valence-corrected chi connectivity index (χ2v) is 9.49. The average molecular weight is 359 g/mol. The number of fused-ring (bicyclic) bond motifs is 1. The van der Waals surface area contributed by atoms with Crippen LogP contribution >= 0.6 is 0 Å². The molecule has 0 atom stereocenters. The lowest BCUT2D eigenvalue weighted by Crippen LogP contribution is -2.16. The Morgan fingerprint density at radius 3 is 2.32 bits per heavy atom. The SMILES string of the molecule is CC(C)(C)c1ccc(-c2cc3nc(CS(C)(=O)=O)cc(=O)n3[nH]2)cc1. The Balaban J connectivity index is 2.04. The van der Waals surface area contributed by atoms with E-state index in [2.05, 4.69) is 43.0 Å². The van der Waals surface area contributed by atoms with E-state index in [0.717, 1.165) is 17.5 Å². The largest absolute Gasteiger partial charge is 0.289 e. The van der Waals surface area contributed by atoms with Crippen LogP contribution in [0.5, 0.6) is 0 Å². The van der Waals surface area contributed by atoms with Crippen molar-refractivity contribution in [2.75, 3.05) is 6.26 Å². The first-order valence-electron chi connectivity index (χ1n) is 7.93. The van der Waals surface area contributed by atoms with Gasteiger partial charge < -0.3 is 0 Å². The van der Waals surface area contributed by atoms with Crippen molar-refractivity contribution in [2.45, 2.75) is 31.9 Å². The number of hydrogen-bond donors (Lipinski definition) is 1. The lowest BCUT2D eigenvalue weighted by molar-refractivity contribution is 0.590. The Morgan fingerprint density at radius 2 is 1.76 bits per heavy atom. The van der Waals surface area contributed by atoms with Crippen molar-refractivity contribution in [2.24, 2.45) is 0 Å². The number of aromatic amines is 1. The van der Waals surface area contributed by atoms with Gasteiger partial charge in [0, 0.05) is 18.4 Å². The number of sulfone groups is 1. The standard InChI is InChI=1S/C18H21N3O3S/c1-18(2,3)13-7-5-12(6-8-13)15-10-16-19-14(11-25(4,23)24)9-17(22)21(16)20-15/h5-10,20H,11H2,1-4H3. The van der Waals surface area contributed by atoms with Crippen molar-refractivity contribution >= 4 is 15.5 Å². The van der Waals surface area contributed by atoms with Gasteiger partial charge in [0.15, 0.2) is 15.5 Å². The van der Waals surface area contributed by atoms with Crippen LogP contribution in [0.1, 0.15) is 32.0 Å². The van der Waals surface area contributed by atoms with E-state index >= 15 is 0 Å². The maximum Gasteiger partial charge on any atom is 0.272 e. The first-order valence-corrected chi connectivity index (χ1v) is 9.99. The molecule has 2 heterocycles. The van der Waals surface area contributed by atoms with Crippen molar-refractivity contribution in [3.05, 3.63) is 58.0 Å². The van der Waals surface area contributed by atoms with Gasteiger partial charge in [0.05, 0.1) is 17.1 Å².